The van der Waals surface area contributed by atoms with E-state index in [1.54, 1.807) is 0 Å². The molecule has 0 atom stereocenters. The monoisotopic (exact) mass is 420 g/mol. The molecule has 1 aromatic heterocycles. The fraction of sp³-hybridized carbons (Fsp3) is 0.385. The highest BCUT2D eigenvalue weighted by atomic mass is 16.5. The number of esters is 1. The number of methoxy groups -OCH3 is 1. The molecular weight excluding hydrogens is 388 g/mol. The molecule has 0 saturated carbocycles. The van der Waals surface area contributed by atoms with Crippen molar-refractivity contribution in [3.8, 4) is 17.0 Å². The summed E-state index contributed by atoms with van der Waals surface area (Å²) < 4.78 is 10.9. The Morgan fingerprint density at radius 1 is 1.13 bits per heavy atom. The number of nitrogens with one attached hydrogen (secondary N) is 1. The Bertz CT molecular complexity index is 1120. The molecule has 2 aromatic carbocycles. The van der Waals surface area contributed by atoms with Gasteiger partial charge in [0, 0.05) is 17.0 Å². The van der Waals surface area contributed by atoms with Crippen molar-refractivity contribution in [3.63, 3.8) is 0 Å². The van der Waals surface area contributed by atoms with Crippen LogP contribution in [-0.2, 0) is 9.53 Å². The maximum atomic E-state index is 11.7. The largest absolute Gasteiger partial charge is 0.493 e. The minimum absolute atomic E-state index is 0.324. The maximum absolute atomic E-state index is 11.7. The van der Waals surface area contributed by atoms with E-state index in [0.717, 1.165) is 39.0 Å². The number of rotatable bonds is 7. The van der Waals surface area contributed by atoms with E-state index in [0.29, 0.717) is 18.4 Å². The van der Waals surface area contributed by atoms with Crippen LogP contribution in [0, 0.1) is 0 Å². The first-order valence-electron chi connectivity index (χ1n) is 10.8. The van der Waals surface area contributed by atoms with Crippen molar-refractivity contribution in [2.75, 3.05) is 13.7 Å². The van der Waals surface area contributed by atoms with Crippen LogP contribution < -0.4 is 4.74 Å². The third-order valence-corrected chi connectivity index (χ3v) is 5.53. The molecule has 3 rings (SSSR count). The molecule has 1 heterocycles. The van der Waals surface area contributed by atoms with Gasteiger partial charge in [-0.15, -0.1) is 0 Å². The van der Waals surface area contributed by atoms with Crippen LogP contribution in [0.2, 0.25) is 0 Å². The first-order valence-corrected chi connectivity index (χ1v) is 10.8. The zero-order chi connectivity index (χ0) is 22.7. The fourth-order valence-corrected chi connectivity index (χ4v) is 3.70. The summed E-state index contributed by atoms with van der Waals surface area (Å²) in [5, 5.41) is 8.82. The predicted molar refractivity (Wildman–Crippen MR) is 127 cm³/mol. The first kappa shape index (κ1) is 22.6. The highest BCUT2D eigenvalue weighted by Crippen LogP contribution is 2.41. The molecule has 0 aliphatic heterocycles. The standard InChI is InChI=1S/C26H32N2O3/c1-8-31-26-20(16(4)5)13-19(15(2)3)14-22(26)25-21-12-18(9-10-23(21)27-28-25)17(6)11-24(29)30-7/h9-16H,8H2,1-7H3,(H,27,28)/b17-11-. The highest BCUT2D eigenvalue weighted by Gasteiger charge is 2.21. The SMILES string of the molecule is CCOc1c(-c2n[nH]c3ccc(/C(C)=C\C(=O)OC)cc23)cc(C(C)C)cc1C(C)C. The van der Waals surface area contributed by atoms with Gasteiger partial charge in [0.1, 0.15) is 11.4 Å². The second-order valence-corrected chi connectivity index (χ2v) is 8.41. The van der Waals surface area contributed by atoms with Crippen molar-refractivity contribution < 1.29 is 14.3 Å². The number of carbonyl (C=O) groups excluding carboxylic acids is 1. The van der Waals surface area contributed by atoms with Crippen LogP contribution in [0.5, 0.6) is 5.75 Å². The van der Waals surface area contributed by atoms with Crippen LogP contribution in [-0.4, -0.2) is 29.9 Å². The van der Waals surface area contributed by atoms with Gasteiger partial charge in [-0.2, -0.15) is 5.10 Å². The summed E-state index contributed by atoms with van der Waals surface area (Å²) in [5.74, 6) is 1.24. The number of H-pyrrole nitrogens is 1. The highest BCUT2D eigenvalue weighted by molar-refractivity contribution is 5.98. The Hall–Kier alpha value is -3.08. The Morgan fingerprint density at radius 3 is 2.48 bits per heavy atom. The lowest BCUT2D eigenvalue weighted by molar-refractivity contribution is -0.134. The van der Waals surface area contributed by atoms with E-state index < -0.39 is 0 Å². The minimum Gasteiger partial charge on any atom is -0.493 e. The summed E-state index contributed by atoms with van der Waals surface area (Å²) in [6, 6.07) is 10.5. The summed E-state index contributed by atoms with van der Waals surface area (Å²) in [4.78, 5) is 11.7. The zero-order valence-corrected chi connectivity index (χ0v) is 19.5. The van der Waals surface area contributed by atoms with Crippen molar-refractivity contribution in [1.29, 1.82) is 0 Å². The van der Waals surface area contributed by atoms with Crippen molar-refractivity contribution in [3.05, 3.63) is 53.1 Å². The third-order valence-electron chi connectivity index (χ3n) is 5.53. The first-order chi connectivity index (χ1) is 14.8. The van der Waals surface area contributed by atoms with E-state index in [1.807, 2.05) is 26.0 Å². The molecule has 5 nitrogen and oxygen atoms in total. The Balaban J connectivity index is 2.26. The number of hydrogen-bond acceptors (Lipinski definition) is 4. The van der Waals surface area contributed by atoms with Gasteiger partial charge < -0.3 is 9.47 Å². The van der Waals surface area contributed by atoms with Gasteiger partial charge >= 0.3 is 5.97 Å². The number of aromatic amines is 1. The van der Waals surface area contributed by atoms with Gasteiger partial charge in [-0.05, 0) is 66.1 Å². The summed E-state index contributed by atoms with van der Waals surface area (Å²) in [7, 11) is 1.38. The van der Waals surface area contributed by atoms with Crippen molar-refractivity contribution in [2.45, 2.75) is 53.4 Å². The summed E-state index contributed by atoms with van der Waals surface area (Å²) in [6.45, 7) is 13.3. The fourth-order valence-electron chi connectivity index (χ4n) is 3.70. The average molecular weight is 421 g/mol. The van der Waals surface area contributed by atoms with Crippen LogP contribution in [0.1, 0.15) is 70.1 Å². The zero-order valence-electron chi connectivity index (χ0n) is 19.5. The number of hydrogen-bond donors (Lipinski definition) is 1. The van der Waals surface area contributed by atoms with Crippen molar-refractivity contribution in [2.24, 2.45) is 0 Å². The quantitative estimate of drug-likeness (QED) is 0.352. The van der Waals surface area contributed by atoms with Gasteiger partial charge in [0.2, 0.25) is 0 Å². The van der Waals surface area contributed by atoms with E-state index in [1.165, 1.54) is 24.3 Å². The Kier molecular flexibility index (Phi) is 6.84. The van der Waals surface area contributed by atoms with E-state index in [2.05, 4.69) is 56.1 Å². The number of nitrogens with zero attached hydrogens (tertiary/aromatic N) is 1. The molecule has 0 spiro atoms. The number of benzene rings is 2. The molecule has 0 saturated heterocycles. The molecule has 3 aromatic rings. The predicted octanol–water partition coefficient (Wildman–Crippen LogP) is 6.45. The molecule has 0 aliphatic rings. The second kappa shape index (κ2) is 9.38. The number of fused-ring (bicyclic) bond motifs is 1. The molecule has 0 unspecified atom stereocenters. The second-order valence-electron chi connectivity index (χ2n) is 8.41. The van der Waals surface area contributed by atoms with E-state index in [9.17, 15) is 4.79 Å². The van der Waals surface area contributed by atoms with Gasteiger partial charge in [0.05, 0.1) is 19.2 Å². The number of carbonyl (C=O) groups is 1. The minimum atomic E-state index is -0.366. The van der Waals surface area contributed by atoms with Crippen molar-refractivity contribution in [1.82, 2.24) is 10.2 Å². The van der Waals surface area contributed by atoms with Gasteiger partial charge in [-0.3, -0.25) is 5.10 Å². The lowest BCUT2D eigenvalue weighted by atomic mass is 9.90. The third kappa shape index (κ3) is 4.66. The normalized spacial score (nSPS) is 12.1. The van der Waals surface area contributed by atoms with Gasteiger partial charge in [0.15, 0.2) is 0 Å². The smallest absolute Gasteiger partial charge is 0.330 e. The summed E-state index contributed by atoms with van der Waals surface area (Å²) >= 11 is 0. The number of ether oxygens (including phenoxy) is 2. The van der Waals surface area contributed by atoms with Crippen LogP contribution in [0.4, 0.5) is 0 Å². The summed E-state index contributed by atoms with van der Waals surface area (Å²) in [6.07, 6.45) is 1.50. The molecule has 31 heavy (non-hydrogen) atoms. The molecule has 5 heteroatoms. The molecule has 0 amide bonds. The molecule has 0 fully saturated rings. The van der Waals surface area contributed by atoms with Gasteiger partial charge in [0.25, 0.3) is 0 Å². The molecule has 1 N–H and O–H groups in total. The van der Waals surface area contributed by atoms with Crippen LogP contribution in [0.15, 0.2) is 36.4 Å². The Morgan fingerprint density at radius 2 is 1.87 bits per heavy atom. The van der Waals surface area contributed by atoms with E-state index >= 15 is 0 Å². The maximum Gasteiger partial charge on any atom is 0.330 e. The summed E-state index contributed by atoms with van der Waals surface area (Å²) in [5.41, 5.74) is 7.03. The Labute approximate surface area is 184 Å². The average Bonchev–Trinajstić information content (AvgIpc) is 3.16. The topological polar surface area (TPSA) is 64.2 Å². The number of allylic oxidation sites excluding steroid dienone is 1. The van der Waals surface area contributed by atoms with E-state index in [-0.39, 0.29) is 5.97 Å². The number of aromatic nitrogens is 2. The molecular formula is C26H32N2O3. The molecule has 0 radical (unpaired) electrons. The lowest BCUT2D eigenvalue weighted by Crippen LogP contribution is -2.03. The van der Waals surface area contributed by atoms with Crippen LogP contribution in [0.25, 0.3) is 27.7 Å². The van der Waals surface area contributed by atoms with Gasteiger partial charge in [-0.1, -0.05) is 39.8 Å². The van der Waals surface area contributed by atoms with Crippen LogP contribution in [0.3, 0.4) is 0 Å². The molecule has 0 bridgehead atoms. The van der Waals surface area contributed by atoms with E-state index in [4.69, 9.17) is 9.47 Å². The van der Waals surface area contributed by atoms with Gasteiger partial charge in [-0.25, -0.2) is 4.79 Å². The van der Waals surface area contributed by atoms with Crippen LogP contribution >= 0.6 is 0 Å². The molecule has 0 aliphatic carbocycles. The lowest BCUT2D eigenvalue weighted by Gasteiger charge is -2.20. The van der Waals surface area contributed by atoms with Crippen molar-refractivity contribution >= 4 is 22.4 Å². The molecule has 164 valence electrons.